The monoisotopic (exact) mass is 679 g/mol. The molecule has 1 aliphatic heterocycles. The van der Waals surface area contributed by atoms with Gasteiger partial charge in [0.2, 0.25) is 0 Å². The van der Waals surface area contributed by atoms with Crippen molar-refractivity contribution >= 4 is 40.5 Å². The zero-order valence-electron chi connectivity index (χ0n) is 27.1. The van der Waals surface area contributed by atoms with Gasteiger partial charge in [0, 0.05) is 34.5 Å². The number of hydrogen-bond acceptors (Lipinski definition) is 7. The number of hydrogen-bond donors (Lipinski definition) is 2. The van der Waals surface area contributed by atoms with Gasteiger partial charge in [-0.05, 0) is 41.0 Å². The molecule has 252 valence electrons. The second-order valence-corrected chi connectivity index (χ2v) is 12.0. The van der Waals surface area contributed by atoms with Crippen molar-refractivity contribution in [3.8, 4) is 0 Å². The van der Waals surface area contributed by atoms with Crippen LogP contribution in [0.25, 0.3) is 10.8 Å². The standard InChI is InChI=1S/C40H29N3O8/c1-51-39(50)32(43-35(44)28-17-19-30(37(46)47)34-31(38(48)49)20-18-29(33(28)34)36(43)45)21-27-22-42(23-41-27)40(24-11-5-2-6-12-24,25-13-7-3-8-14-25)26-15-9-4-10-16-26/h2-20,22-23,32H,21H2,1H3,(H,46,47)(H,48,49)/t32-/m0/s1. The van der Waals surface area contributed by atoms with Crippen molar-refractivity contribution in [2.24, 2.45) is 0 Å². The molecule has 2 amide bonds. The molecule has 2 heterocycles. The van der Waals surface area contributed by atoms with Crippen LogP contribution in [-0.4, -0.2) is 67.5 Å². The molecule has 0 saturated heterocycles. The van der Waals surface area contributed by atoms with Crippen LogP contribution in [0.15, 0.2) is 128 Å². The molecule has 0 bridgehead atoms. The van der Waals surface area contributed by atoms with Gasteiger partial charge in [-0.15, -0.1) is 0 Å². The first-order valence-corrected chi connectivity index (χ1v) is 15.9. The molecular weight excluding hydrogens is 650 g/mol. The van der Waals surface area contributed by atoms with Crippen LogP contribution in [0.4, 0.5) is 0 Å². The summed E-state index contributed by atoms with van der Waals surface area (Å²) in [7, 11) is 1.14. The molecule has 0 spiro atoms. The molecule has 6 aromatic rings. The molecule has 0 saturated carbocycles. The quantitative estimate of drug-likeness (QED) is 0.106. The second-order valence-electron chi connectivity index (χ2n) is 12.0. The Balaban J connectivity index is 1.35. The molecule has 5 aromatic carbocycles. The van der Waals surface area contributed by atoms with Gasteiger partial charge in [0.05, 0.1) is 30.3 Å². The van der Waals surface area contributed by atoms with E-state index in [1.165, 1.54) is 12.1 Å². The van der Waals surface area contributed by atoms with Gasteiger partial charge in [-0.1, -0.05) is 91.0 Å². The Morgan fingerprint density at radius 1 is 0.686 bits per heavy atom. The Labute approximate surface area is 291 Å². The van der Waals surface area contributed by atoms with Crippen LogP contribution < -0.4 is 0 Å². The van der Waals surface area contributed by atoms with E-state index in [9.17, 15) is 34.2 Å². The lowest BCUT2D eigenvalue weighted by molar-refractivity contribution is -0.145. The number of methoxy groups -OCH3 is 1. The maximum absolute atomic E-state index is 14.1. The summed E-state index contributed by atoms with van der Waals surface area (Å²) in [5.74, 6) is -5.54. The topological polar surface area (TPSA) is 156 Å². The van der Waals surface area contributed by atoms with E-state index in [0.717, 1.165) is 40.8 Å². The number of ether oxygens (including phenoxy) is 1. The van der Waals surface area contributed by atoms with Gasteiger partial charge in [0.15, 0.2) is 0 Å². The summed E-state index contributed by atoms with van der Waals surface area (Å²) in [5, 5.41) is 19.3. The lowest BCUT2D eigenvalue weighted by Gasteiger charge is -2.37. The van der Waals surface area contributed by atoms with E-state index in [1.54, 1.807) is 12.5 Å². The van der Waals surface area contributed by atoms with Gasteiger partial charge >= 0.3 is 17.9 Å². The second kappa shape index (κ2) is 12.9. The number of carboxylic acids is 2. The Hall–Kier alpha value is -6.88. The first-order chi connectivity index (χ1) is 24.7. The Morgan fingerprint density at radius 3 is 1.55 bits per heavy atom. The maximum atomic E-state index is 14.1. The van der Waals surface area contributed by atoms with E-state index in [-0.39, 0.29) is 39.4 Å². The molecule has 11 nitrogen and oxygen atoms in total. The maximum Gasteiger partial charge on any atom is 0.336 e. The summed E-state index contributed by atoms with van der Waals surface area (Å²) in [5.41, 5.74) is 1.26. The molecule has 0 radical (unpaired) electrons. The molecule has 0 aliphatic carbocycles. The minimum atomic E-state index is -1.47. The number of aromatic carboxylic acids is 2. The van der Waals surface area contributed by atoms with E-state index >= 15 is 0 Å². The van der Waals surface area contributed by atoms with Crippen LogP contribution >= 0.6 is 0 Å². The third kappa shape index (κ3) is 5.23. The summed E-state index contributed by atoms with van der Waals surface area (Å²) >= 11 is 0. The van der Waals surface area contributed by atoms with Crippen molar-refractivity contribution in [2.75, 3.05) is 7.11 Å². The average Bonchev–Trinajstić information content (AvgIpc) is 3.62. The van der Waals surface area contributed by atoms with E-state index < -0.39 is 41.3 Å². The predicted molar refractivity (Wildman–Crippen MR) is 185 cm³/mol. The highest BCUT2D eigenvalue weighted by Crippen LogP contribution is 2.41. The van der Waals surface area contributed by atoms with E-state index in [2.05, 4.69) is 4.98 Å². The number of aromatic nitrogens is 2. The molecule has 0 unspecified atom stereocenters. The van der Waals surface area contributed by atoms with Crippen LogP contribution in [0.5, 0.6) is 0 Å². The summed E-state index contributed by atoms with van der Waals surface area (Å²) in [4.78, 5) is 71.3. The highest BCUT2D eigenvalue weighted by molar-refractivity contribution is 6.30. The van der Waals surface area contributed by atoms with Crippen LogP contribution in [0.1, 0.15) is 63.8 Å². The van der Waals surface area contributed by atoms with Crippen LogP contribution in [0.2, 0.25) is 0 Å². The Morgan fingerprint density at radius 2 is 1.14 bits per heavy atom. The third-order valence-electron chi connectivity index (χ3n) is 9.31. The zero-order valence-corrected chi connectivity index (χ0v) is 27.1. The molecule has 1 aromatic heterocycles. The summed E-state index contributed by atoms with van der Waals surface area (Å²) in [6, 6.07) is 32.8. The van der Waals surface area contributed by atoms with Crippen LogP contribution in [0, 0.1) is 0 Å². The largest absolute Gasteiger partial charge is 0.478 e. The van der Waals surface area contributed by atoms with Crippen molar-refractivity contribution in [2.45, 2.75) is 18.0 Å². The third-order valence-corrected chi connectivity index (χ3v) is 9.31. The van der Waals surface area contributed by atoms with Gasteiger partial charge < -0.3 is 19.5 Å². The van der Waals surface area contributed by atoms with Gasteiger partial charge in [0.25, 0.3) is 11.8 Å². The number of carbonyl (C=O) groups excluding carboxylic acids is 3. The van der Waals surface area contributed by atoms with E-state index in [1.807, 2.05) is 95.6 Å². The lowest BCUT2D eigenvalue weighted by atomic mass is 9.77. The minimum Gasteiger partial charge on any atom is -0.478 e. The van der Waals surface area contributed by atoms with Gasteiger partial charge in [-0.25, -0.2) is 19.4 Å². The molecular formula is C40H29N3O8. The highest BCUT2D eigenvalue weighted by Gasteiger charge is 2.44. The highest BCUT2D eigenvalue weighted by atomic mass is 16.5. The molecule has 1 atom stereocenters. The number of imidazole rings is 1. The Kier molecular flexibility index (Phi) is 8.24. The van der Waals surface area contributed by atoms with Gasteiger partial charge in [-0.3, -0.25) is 14.5 Å². The number of carboxylic acid groups (broad SMARTS) is 2. The molecule has 11 heteroatoms. The number of esters is 1. The first-order valence-electron chi connectivity index (χ1n) is 15.9. The van der Waals surface area contributed by atoms with Gasteiger partial charge in [-0.2, -0.15) is 0 Å². The average molecular weight is 680 g/mol. The van der Waals surface area contributed by atoms with Crippen molar-refractivity contribution in [3.63, 3.8) is 0 Å². The number of benzene rings is 5. The normalized spacial score (nSPS) is 13.2. The fraction of sp³-hybridized carbons (Fsp3) is 0.100. The van der Waals surface area contributed by atoms with Crippen LogP contribution in [0.3, 0.4) is 0 Å². The summed E-state index contributed by atoms with van der Waals surface area (Å²) in [6.45, 7) is 0. The minimum absolute atomic E-state index is 0.104. The summed E-state index contributed by atoms with van der Waals surface area (Å²) in [6.07, 6.45) is 3.20. The number of nitrogens with zero attached hydrogens (tertiary/aromatic N) is 3. The fourth-order valence-corrected chi connectivity index (χ4v) is 7.10. The van der Waals surface area contributed by atoms with Crippen molar-refractivity contribution in [1.29, 1.82) is 0 Å². The molecule has 0 fully saturated rings. The van der Waals surface area contributed by atoms with Gasteiger partial charge in [0.1, 0.15) is 11.6 Å². The summed E-state index contributed by atoms with van der Waals surface area (Å²) < 4.78 is 7.04. The predicted octanol–water partition coefficient (Wildman–Crippen LogP) is 5.65. The molecule has 7 rings (SSSR count). The molecule has 51 heavy (non-hydrogen) atoms. The smallest absolute Gasteiger partial charge is 0.336 e. The number of rotatable bonds is 10. The first kappa shape index (κ1) is 32.7. The van der Waals surface area contributed by atoms with E-state index in [4.69, 9.17) is 4.74 Å². The number of carbonyl (C=O) groups is 5. The number of amides is 2. The molecule has 1 aliphatic rings. The fourth-order valence-electron chi connectivity index (χ4n) is 7.10. The van der Waals surface area contributed by atoms with Crippen molar-refractivity contribution in [3.05, 3.63) is 172 Å². The van der Waals surface area contributed by atoms with Crippen molar-refractivity contribution in [1.82, 2.24) is 14.5 Å². The SMILES string of the molecule is COC(=O)[C@H](Cc1cn(C(c2ccccc2)(c2ccccc2)c2ccccc2)cn1)N1C(=O)c2ccc(C(=O)O)c3c(C(=O)O)ccc(c23)C1=O. The number of imide groups is 1. The zero-order chi connectivity index (χ0) is 35.9. The van der Waals surface area contributed by atoms with Crippen LogP contribution in [-0.2, 0) is 21.5 Å². The lowest BCUT2D eigenvalue weighted by Crippen LogP contribution is -2.52. The van der Waals surface area contributed by atoms with Crippen molar-refractivity contribution < 1.29 is 38.9 Å². The Bertz CT molecular complexity index is 2190. The van der Waals surface area contributed by atoms with E-state index in [0.29, 0.717) is 5.69 Å². The molecule has 2 N–H and O–H groups in total.